The maximum absolute atomic E-state index is 11.2. The minimum absolute atomic E-state index is 0. The van der Waals surface area contributed by atoms with Crippen molar-refractivity contribution in [3.8, 4) is 0 Å². The van der Waals surface area contributed by atoms with Gasteiger partial charge >= 0.3 is 0 Å². The van der Waals surface area contributed by atoms with Crippen molar-refractivity contribution < 1.29 is 13.5 Å². The maximum atomic E-state index is 11.2. The van der Waals surface area contributed by atoms with Gasteiger partial charge in [0.1, 0.15) is 9.84 Å². The Morgan fingerprint density at radius 3 is 2.36 bits per heavy atom. The standard InChI is InChI=1S/C8H17NO3S.ClH/c1-13(11,12)7-3-2-6(5-9)8(10)4-7;/h6-8,10H,2-5,9H2,1H3;1H. The summed E-state index contributed by atoms with van der Waals surface area (Å²) < 4.78 is 22.4. The number of hydrogen-bond acceptors (Lipinski definition) is 4. The van der Waals surface area contributed by atoms with E-state index in [1.165, 1.54) is 6.26 Å². The van der Waals surface area contributed by atoms with Crippen molar-refractivity contribution in [1.29, 1.82) is 0 Å². The lowest BCUT2D eigenvalue weighted by Crippen LogP contribution is -2.39. The molecule has 1 fully saturated rings. The Kier molecular flexibility index (Phi) is 5.36. The van der Waals surface area contributed by atoms with E-state index in [1.54, 1.807) is 0 Å². The maximum Gasteiger partial charge on any atom is 0.150 e. The average molecular weight is 244 g/mol. The Balaban J connectivity index is 0.00000169. The molecule has 0 aromatic heterocycles. The van der Waals surface area contributed by atoms with E-state index >= 15 is 0 Å². The summed E-state index contributed by atoms with van der Waals surface area (Å²) in [5, 5.41) is 9.19. The molecule has 6 heteroatoms. The molecule has 0 aromatic carbocycles. The van der Waals surface area contributed by atoms with Crippen LogP contribution in [-0.4, -0.2) is 37.7 Å². The summed E-state index contributed by atoms with van der Waals surface area (Å²) in [5.74, 6) is 0.0815. The first-order chi connectivity index (χ1) is 5.95. The first-order valence-corrected chi connectivity index (χ1v) is 6.47. The van der Waals surface area contributed by atoms with Crippen LogP contribution in [0.3, 0.4) is 0 Å². The van der Waals surface area contributed by atoms with Crippen LogP contribution in [-0.2, 0) is 9.84 Å². The summed E-state index contributed by atoms with van der Waals surface area (Å²) in [6.07, 6.45) is 2.39. The monoisotopic (exact) mass is 243 g/mol. The highest BCUT2D eigenvalue weighted by Gasteiger charge is 2.33. The topological polar surface area (TPSA) is 80.4 Å². The lowest BCUT2D eigenvalue weighted by Gasteiger charge is -2.31. The molecule has 0 radical (unpaired) electrons. The molecule has 0 aromatic rings. The number of halogens is 1. The van der Waals surface area contributed by atoms with E-state index in [2.05, 4.69) is 0 Å². The molecule has 0 amide bonds. The van der Waals surface area contributed by atoms with Crippen molar-refractivity contribution >= 4 is 22.2 Å². The molecule has 14 heavy (non-hydrogen) atoms. The fourth-order valence-corrected chi connectivity index (χ4v) is 2.95. The molecular formula is C8H18ClNO3S. The van der Waals surface area contributed by atoms with Gasteiger partial charge in [-0.2, -0.15) is 0 Å². The van der Waals surface area contributed by atoms with Crippen LogP contribution in [0.4, 0.5) is 0 Å². The number of sulfone groups is 1. The van der Waals surface area contributed by atoms with Crippen molar-refractivity contribution in [2.45, 2.75) is 30.6 Å². The van der Waals surface area contributed by atoms with Crippen LogP contribution in [0.1, 0.15) is 19.3 Å². The highest BCUT2D eigenvalue weighted by molar-refractivity contribution is 7.91. The van der Waals surface area contributed by atoms with Gasteiger partial charge in [0.25, 0.3) is 0 Å². The van der Waals surface area contributed by atoms with Crippen LogP contribution in [0.2, 0.25) is 0 Å². The predicted octanol–water partition coefficient (Wildman–Crippen LogP) is -0.0589. The zero-order chi connectivity index (χ0) is 10.1. The van der Waals surface area contributed by atoms with Gasteiger partial charge in [-0.1, -0.05) is 0 Å². The Morgan fingerprint density at radius 1 is 1.43 bits per heavy atom. The zero-order valence-corrected chi connectivity index (χ0v) is 9.85. The van der Waals surface area contributed by atoms with Crippen LogP contribution in [0.25, 0.3) is 0 Å². The zero-order valence-electron chi connectivity index (χ0n) is 8.22. The van der Waals surface area contributed by atoms with Crippen molar-refractivity contribution in [1.82, 2.24) is 0 Å². The average Bonchev–Trinajstić information content (AvgIpc) is 2.02. The number of rotatable bonds is 2. The molecule has 1 aliphatic carbocycles. The van der Waals surface area contributed by atoms with Crippen molar-refractivity contribution in [3.05, 3.63) is 0 Å². The number of aliphatic hydroxyl groups excluding tert-OH is 1. The second-order valence-electron chi connectivity index (χ2n) is 3.83. The molecule has 1 saturated carbocycles. The largest absolute Gasteiger partial charge is 0.393 e. The van der Waals surface area contributed by atoms with Crippen LogP contribution in [0.15, 0.2) is 0 Å². The SMILES string of the molecule is CS(=O)(=O)C1CCC(CN)C(O)C1.Cl. The first kappa shape index (κ1) is 14.2. The van der Waals surface area contributed by atoms with Gasteiger partial charge in [-0.25, -0.2) is 8.42 Å². The second-order valence-corrected chi connectivity index (χ2v) is 6.15. The molecule has 0 spiro atoms. The molecule has 1 rings (SSSR count). The molecule has 0 saturated heterocycles. The lowest BCUT2D eigenvalue weighted by atomic mass is 9.86. The van der Waals surface area contributed by atoms with E-state index < -0.39 is 15.9 Å². The van der Waals surface area contributed by atoms with Gasteiger partial charge in [0.15, 0.2) is 0 Å². The van der Waals surface area contributed by atoms with Gasteiger partial charge in [-0.3, -0.25) is 0 Å². The van der Waals surface area contributed by atoms with Gasteiger partial charge in [0.05, 0.1) is 11.4 Å². The van der Waals surface area contributed by atoms with E-state index in [9.17, 15) is 13.5 Å². The van der Waals surface area contributed by atoms with E-state index in [-0.39, 0.29) is 23.6 Å². The summed E-state index contributed by atoms with van der Waals surface area (Å²) in [7, 11) is -2.99. The van der Waals surface area contributed by atoms with E-state index in [0.29, 0.717) is 19.4 Å². The summed E-state index contributed by atoms with van der Waals surface area (Å²) in [4.78, 5) is 0. The molecule has 0 bridgehead atoms. The predicted molar refractivity (Wildman–Crippen MR) is 58.3 cm³/mol. The van der Waals surface area contributed by atoms with Gasteiger partial charge in [0.2, 0.25) is 0 Å². The minimum Gasteiger partial charge on any atom is -0.393 e. The first-order valence-electron chi connectivity index (χ1n) is 4.52. The fraction of sp³-hybridized carbons (Fsp3) is 1.00. The summed E-state index contributed by atoms with van der Waals surface area (Å²) >= 11 is 0. The Labute approximate surface area is 91.2 Å². The Hall–Kier alpha value is 0.160. The normalized spacial score (nSPS) is 33.5. The third-order valence-electron chi connectivity index (χ3n) is 2.82. The third-order valence-corrected chi connectivity index (χ3v) is 4.46. The highest BCUT2D eigenvalue weighted by atomic mass is 35.5. The molecule has 3 unspecified atom stereocenters. The van der Waals surface area contributed by atoms with Crippen LogP contribution in [0.5, 0.6) is 0 Å². The molecule has 4 nitrogen and oxygen atoms in total. The van der Waals surface area contributed by atoms with Crippen LogP contribution in [0, 0.1) is 5.92 Å². The third kappa shape index (κ3) is 3.38. The molecule has 0 heterocycles. The Morgan fingerprint density at radius 2 is 2.00 bits per heavy atom. The summed E-state index contributed by atoms with van der Waals surface area (Å²) in [6, 6.07) is 0. The van der Waals surface area contributed by atoms with Crippen LogP contribution < -0.4 is 5.73 Å². The van der Waals surface area contributed by atoms with Gasteiger partial charge in [-0.05, 0) is 31.7 Å². The molecule has 86 valence electrons. The molecule has 1 aliphatic rings. The minimum atomic E-state index is -2.99. The molecule has 3 atom stereocenters. The quantitative estimate of drug-likeness (QED) is 0.712. The number of aliphatic hydroxyl groups is 1. The molecule has 0 aliphatic heterocycles. The van der Waals surface area contributed by atoms with Crippen molar-refractivity contribution in [2.75, 3.05) is 12.8 Å². The summed E-state index contributed by atoms with van der Waals surface area (Å²) in [5.41, 5.74) is 5.44. The van der Waals surface area contributed by atoms with E-state index in [1.807, 2.05) is 0 Å². The second kappa shape index (κ2) is 5.30. The van der Waals surface area contributed by atoms with Gasteiger partial charge in [0, 0.05) is 6.26 Å². The van der Waals surface area contributed by atoms with Crippen LogP contribution >= 0.6 is 12.4 Å². The Bertz CT molecular complexity index is 268. The molecular weight excluding hydrogens is 226 g/mol. The number of nitrogens with two attached hydrogens (primary N) is 1. The smallest absolute Gasteiger partial charge is 0.150 e. The van der Waals surface area contributed by atoms with E-state index in [4.69, 9.17) is 5.73 Å². The lowest BCUT2D eigenvalue weighted by molar-refractivity contribution is 0.0757. The molecule has 3 N–H and O–H groups in total. The van der Waals surface area contributed by atoms with Gasteiger partial charge < -0.3 is 10.8 Å². The summed E-state index contributed by atoms with van der Waals surface area (Å²) in [6.45, 7) is 0.442. The highest BCUT2D eigenvalue weighted by Crippen LogP contribution is 2.27. The van der Waals surface area contributed by atoms with Gasteiger partial charge in [-0.15, -0.1) is 12.4 Å². The van der Waals surface area contributed by atoms with Crippen molar-refractivity contribution in [2.24, 2.45) is 11.7 Å². The fourth-order valence-electron chi connectivity index (χ4n) is 1.84. The van der Waals surface area contributed by atoms with E-state index in [0.717, 1.165) is 6.42 Å². The number of hydrogen-bond donors (Lipinski definition) is 2. The van der Waals surface area contributed by atoms with Crippen molar-refractivity contribution in [3.63, 3.8) is 0 Å².